The van der Waals surface area contributed by atoms with Crippen LogP contribution in [0.15, 0.2) is 48.1 Å². The van der Waals surface area contributed by atoms with Crippen molar-refractivity contribution < 1.29 is 4.79 Å². The lowest BCUT2D eigenvalue weighted by Crippen LogP contribution is -2.24. The van der Waals surface area contributed by atoms with Gasteiger partial charge in [0.05, 0.1) is 18.2 Å². The SMILES string of the molecule is NC(=O)NN=Cc1ccccc1-n1ccnc1. The molecule has 0 fully saturated rings. The van der Waals surface area contributed by atoms with Crippen LogP contribution < -0.4 is 11.2 Å². The molecule has 3 N–H and O–H groups in total. The zero-order valence-corrected chi connectivity index (χ0v) is 8.95. The summed E-state index contributed by atoms with van der Waals surface area (Å²) in [5.41, 5.74) is 8.82. The quantitative estimate of drug-likeness (QED) is 0.604. The molecule has 1 aromatic heterocycles. The molecule has 6 nitrogen and oxygen atoms in total. The lowest BCUT2D eigenvalue weighted by molar-refractivity contribution is 0.249. The van der Waals surface area contributed by atoms with Crippen molar-refractivity contribution in [3.63, 3.8) is 0 Å². The van der Waals surface area contributed by atoms with Gasteiger partial charge >= 0.3 is 6.03 Å². The Morgan fingerprint density at radius 3 is 3.00 bits per heavy atom. The van der Waals surface area contributed by atoms with Crippen LogP contribution >= 0.6 is 0 Å². The summed E-state index contributed by atoms with van der Waals surface area (Å²) < 4.78 is 1.85. The maximum Gasteiger partial charge on any atom is 0.332 e. The predicted octanol–water partition coefficient (Wildman–Crippen LogP) is 0.874. The fourth-order valence-corrected chi connectivity index (χ4v) is 1.40. The van der Waals surface area contributed by atoms with Crippen LogP contribution in [0.25, 0.3) is 5.69 Å². The van der Waals surface area contributed by atoms with Crippen molar-refractivity contribution in [1.29, 1.82) is 0 Å². The number of rotatable bonds is 3. The van der Waals surface area contributed by atoms with Crippen LogP contribution in [-0.4, -0.2) is 21.8 Å². The van der Waals surface area contributed by atoms with Crippen molar-refractivity contribution in [2.75, 3.05) is 0 Å². The Kier molecular flexibility index (Phi) is 3.15. The Balaban J connectivity index is 2.28. The Morgan fingerprint density at radius 2 is 2.29 bits per heavy atom. The molecule has 6 heteroatoms. The summed E-state index contributed by atoms with van der Waals surface area (Å²) >= 11 is 0. The van der Waals surface area contributed by atoms with E-state index in [1.807, 2.05) is 35.0 Å². The average Bonchev–Trinajstić information content (AvgIpc) is 2.82. The normalized spacial score (nSPS) is 10.6. The van der Waals surface area contributed by atoms with Gasteiger partial charge in [-0.1, -0.05) is 18.2 Å². The average molecular weight is 229 g/mol. The Hall–Kier alpha value is -2.63. The molecule has 0 atom stereocenters. The fraction of sp³-hybridized carbons (Fsp3) is 0. The number of primary amides is 1. The number of carbonyl (C=O) groups is 1. The van der Waals surface area contributed by atoms with Crippen molar-refractivity contribution in [3.05, 3.63) is 48.5 Å². The van der Waals surface area contributed by atoms with Crippen LogP contribution in [0.3, 0.4) is 0 Å². The Morgan fingerprint density at radius 1 is 1.47 bits per heavy atom. The van der Waals surface area contributed by atoms with Crippen molar-refractivity contribution in [2.45, 2.75) is 0 Å². The number of amides is 2. The molecule has 2 aromatic rings. The number of urea groups is 1. The second kappa shape index (κ2) is 4.93. The summed E-state index contributed by atoms with van der Waals surface area (Å²) in [6.45, 7) is 0. The number of nitrogens with zero attached hydrogens (tertiary/aromatic N) is 3. The molecule has 0 saturated carbocycles. The Labute approximate surface area is 97.8 Å². The fourth-order valence-electron chi connectivity index (χ4n) is 1.40. The third kappa shape index (κ3) is 2.69. The lowest BCUT2D eigenvalue weighted by atomic mass is 10.2. The monoisotopic (exact) mass is 229 g/mol. The number of aromatic nitrogens is 2. The van der Waals surface area contributed by atoms with Gasteiger partial charge in [-0.15, -0.1) is 0 Å². The number of carbonyl (C=O) groups excluding carboxylic acids is 1. The van der Waals surface area contributed by atoms with Crippen molar-refractivity contribution >= 4 is 12.2 Å². The predicted molar refractivity (Wildman–Crippen MR) is 63.9 cm³/mol. The number of para-hydroxylation sites is 1. The molecule has 2 amide bonds. The largest absolute Gasteiger partial charge is 0.350 e. The standard InChI is InChI=1S/C11H11N5O/c12-11(17)15-14-7-9-3-1-2-4-10(9)16-6-5-13-8-16/h1-8H,(H3,12,15,17). The molecule has 0 aliphatic rings. The van der Waals surface area contributed by atoms with Crippen LogP contribution in [0, 0.1) is 0 Å². The van der Waals surface area contributed by atoms with Gasteiger partial charge in [-0.2, -0.15) is 5.10 Å². The zero-order valence-electron chi connectivity index (χ0n) is 8.95. The van der Waals surface area contributed by atoms with E-state index in [1.54, 1.807) is 12.5 Å². The zero-order chi connectivity index (χ0) is 12.1. The molecule has 2 rings (SSSR count). The summed E-state index contributed by atoms with van der Waals surface area (Å²) in [7, 11) is 0. The third-order valence-corrected chi connectivity index (χ3v) is 2.10. The first-order valence-electron chi connectivity index (χ1n) is 4.93. The van der Waals surface area contributed by atoms with Crippen molar-refractivity contribution in [3.8, 4) is 5.69 Å². The van der Waals surface area contributed by atoms with E-state index in [-0.39, 0.29) is 0 Å². The van der Waals surface area contributed by atoms with Crippen molar-refractivity contribution in [2.24, 2.45) is 10.8 Å². The first-order chi connectivity index (χ1) is 8.27. The smallest absolute Gasteiger partial charge is 0.332 e. The molecule has 86 valence electrons. The highest BCUT2D eigenvalue weighted by Crippen LogP contribution is 2.11. The molecule has 0 radical (unpaired) electrons. The van der Waals surface area contributed by atoms with E-state index in [2.05, 4.69) is 15.5 Å². The van der Waals surface area contributed by atoms with E-state index in [1.165, 1.54) is 6.21 Å². The molecule has 0 bridgehead atoms. The van der Waals surface area contributed by atoms with E-state index in [4.69, 9.17) is 5.73 Å². The highest BCUT2D eigenvalue weighted by Gasteiger charge is 2.00. The minimum atomic E-state index is -0.693. The van der Waals surface area contributed by atoms with E-state index >= 15 is 0 Å². The van der Waals surface area contributed by atoms with Gasteiger partial charge in [0.1, 0.15) is 0 Å². The lowest BCUT2D eigenvalue weighted by Gasteiger charge is -2.05. The summed E-state index contributed by atoms with van der Waals surface area (Å²) in [4.78, 5) is 14.5. The van der Waals surface area contributed by atoms with E-state index in [0.29, 0.717) is 0 Å². The van der Waals surface area contributed by atoms with Crippen LogP contribution in [0.5, 0.6) is 0 Å². The van der Waals surface area contributed by atoms with Crippen LogP contribution in [0.2, 0.25) is 0 Å². The molecule has 1 aromatic carbocycles. The summed E-state index contributed by atoms with van der Waals surface area (Å²) in [6, 6.07) is 6.90. The summed E-state index contributed by atoms with van der Waals surface area (Å²) in [6.07, 6.45) is 6.73. The molecule has 0 aliphatic heterocycles. The molecule has 0 aliphatic carbocycles. The molecule has 1 heterocycles. The van der Waals surface area contributed by atoms with Gasteiger partial charge in [-0.05, 0) is 6.07 Å². The number of hydrogen-bond donors (Lipinski definition) is 2. The molecular formula is C11H11N5O. The second-order valence-corrected chi connectivity index (χ2v) is 3.26. The van der Waals surface area contributed by atoms with Gasteiger partial charge in [0.15, 0.2) is 0 Å². The minimum Gasteiger partial charge on any atom is -0.350 e. The van der Waals surface area contributed by atoms with Gasteiger partial charge in [0.25, 0.3) is 0 Å². The molecular weight excluding hydrogens is 218 g/mol. The third-order valence-electron chi connectivity index (χ3n) is 2.10. The van der Waals surface area contributed by atoms with Crippen LogP contribution in [0.4, 0.5) is 4.79 Å². The molecule has 17 heavy (non-hydrogen) atoms. The van der Waals surface area contributed by atoms with Gasteiger partial charge in [0, 0.05) is 18.0 Å². The van der Waals surface area contributed by atoms with Crippen molar-refractivity contribution in [1.82, 2.24) is 15.0 Å². The number of nitrogens with two attached hydrogens (primary N) is 1. The maximum atomic E-state index is 10.5. The molecule has 0 unspecified atom stereocenters. The highest BCUT2D eigenvalue weighted by molar-refractivity contribution is 5.85. The molecule has 0 spiro atoms. The van der Waals surface area contributed by atoms with Gasteiger partial charge in [-0.3, -0.25) is 0 Å². The highest BCUT2D eigenvalue weighted by atomic mass is 16.2. The topological polar surface area (TPSA) is 85.3 Å². The maximum absolute atomic E-state index is 10.5. The van der Waals surface area contributed by atoms with Crippen LogP contribution in [-0.2, 0) is 0 Å². The van der Waals surface area contributed by atoms with Gasteiger partial charge < -0.3 is 10.3 Å². The first-order valence-corrected chi connectivity index (χ1v) is 4.93. The number of nitrogens with one attached hydrogen (secondary N) is 1. The number of imidazole rings is 1. The number of hydrogen-bond acceptors (Lipinski definition) is 3. The van der Waals surface area contributed by atoms with Crippen LogP contribution in [0.1, 0.15) is 5.56 Å². The summed E-state index contributed by atoms with van der Waals surface area (Å²) in [5, 5.41) is 3.73. The molecule has 0 saturated heterocycles. The Bertz CT molecular complexity index is 533. The van der Waals surface area contributed by atoms with Gasteiger partial charge in [-0.25, -0.2) is 15.2 Å². The number of benzene rings is 1. The second-order valence-electron chi connectivity index (χ2n) is 3.26. The summed E-state index contributed by atoms with van der Waals surface area (Å²) in [5.74, 6) is 0. The number of hydrazone groups is 1. The van der Waals surface area contributed by atoms with E-state index in [0.717, 1.165) is 11.3 Å². The van der Waals surface area contributed by atoms with E-state index in [9.17, 15) is 4.79 Å². The van der Waals surface area contributed by atoms with Gasteiger partial charge in [0.2, 0.25) is 0 Å². The first kappa shape index (κ1) is 10.9. The minimum absolute atomic E-state index is 0.693. The van der Waals surface area contributed by atoms with E-state index < -0.39 is 6.03 Å².